The van der Waals surface area contributed by atoms with E-state index >= 15 is 0 Å². The quantitative estimate of drug-likeness (QED) is 0.446. The van der Waals surface area contributed by atoms with Crippen LogP contribution in [0.5, 0.6) is 5.75 Å². The summed E-state index contributed by atoms with van der Waals surface area (Å²) in [5.74, 6) is -0.00115. The Kier molecular flexibility index (Phi) is 5.10. The smallest absolute Gasteiger partial charge is 0.344 e. The molecule has 0 saturated heterocycles. The molecule has 1 aromatic rings. The summed E-state index contributed by atoms with van der Waals surface area (Å²) in [6.07, 6.45) is 2.24. The minimum Gasteiger partial charge on any atom is -0.482 e. The van der Waals surface area contributed by atoms with Gasteiger partial charge < -0.3 is 14.8 Å². The number of rotatable bonds is 8. The molecule has 0 bridgehead atoms. The highest BCUT2D eigenvalue weighted by molar-refractivity contribution is 5.71. The van der Waals surface area contributed by atoms with Gasteiger partial charge in [-0.15, -0.1) is 0 Å². The Hall–Kier alpha value is -2.15. The van der Waals surface area contributed by atoms with Gasteiger partial charge in [0, 0.05) is 30.3 Å². The second-order valence-electron chi connectivity index (χ2n) is 4.80. The molecule has 1 saturated carbocycles. The number of nitrogens with one attached hydrogen (secondary N) is 1. The molecular weight excluding hydrogens is 276 g/mol. The van der Waals surface area contributed by atoms with Crippen molar-refractivity contribution >= 4 is 11.7 Å². The van der Waals surface area contributed by atoms with Crippen molar-refractivity contribution in [1.82, 2.24) is 5.32 Å². The van der Waals surface area contributed by atoms with Gasteiger partial charge in [-0.3, -0.25) is 10.1 Å². The van der Waals surface area contributed by atoms with Crippen LogP contribution < -0.4 is 10.1 Å². The first kappa shape index (κ1) is 15.2. The number of hydrogen-bond acceptors (Lipinski definition) is 6. The maximum atomic E-state index is 11.3. The lowest BCUT2D eigenvalue weighted by Gasteiger charge is -2.11. The molecule has 0 aromatic heterocycles. The molecule has 0 radical (unpaired) electrons. The third kappa shape index (κ3) is 4.71. The number of hydrogen-bond donors (Lipinski definition) is 1. The summed E-state index contributed by atoms with van der Waals surface area (Å²) < 4.78 is 10.2. The van der Waals surface area contributed by atoms with E-state index in [1.807, 2.05) is 0 Å². The fourth-order valence-corrected chi connectivity index (χ4v) is 1.84. The van der Waals surface area contributed by atoms with E-state index in [9.17, 15) is 14.9 Å². The number of nitro groups is 1. The maximum absolute atomic E-state index is 11.3. The van der Waals surface area contributed by atoms with Crippen LogP contribution in [0.25, 0.3) is 0 Å². The molecule has 0 unspecified atom stereocenters. The summed E-state index contributed by atoms with van der Waals surface area (Å²) in [5.41, 5.74) is 0.673. The van der Waals surface area contributed by atoms with Crippen molar-refractivity contribution in [2.45, 2.75) is 32.4 Å². The van der Waals surface area contributed by atoms with Crippen LogP contribution in [0.2, 0.25) is 0 Å². The van der Waals surface area contributed by atoms with Crippen molar-refractivity contribution in [3.63, 3.8) is 0 Å². The normalized spacial score (nSPS) is 13.8. The largest absolute Gasteiger partial charge is 0.482 e. The number of nitrogens with zero attached hydrogens (tertiary/aromatic N) is 1. The minimum atomic E-state index is -0.461. The van der Waals surface area contributed by atoms with Gasteiger partial charge in [0.1, 0.15) is 5.75 Å². The number of carbonyl (C=O) groups excluding carboxylic acids is 1. The number of carbonyl (C=O) groups is 1. The molecule has 1 N–H and O–H groups in total. The van der Waals surface area contributed by atoms with E-state index in [1.54, 1.807) is 6.92 Å². The molecular formula is C14H18N2O5. The van der Waals surface area contributed by atoms with Gasteiger partial charge in [0.25, 0.3) is 5.69 Å². The molecule has 114 valence electrons. The van der Waals surface area contributed by atoms with Gasteiger partial charge in [-0.25, -0.2) is 4.79 Å². The van der Waals surface area contributed by atoms with Crippen molar-refractivity contribution in [2.75, 3.05) is 13.2 Å². The molecule has 2 rings (SSSR count). The van der Waals surface area contributed by atoms with Crippen LogP contribution >= 0.6 is 0 Å². The molecule has 0 amide bonds. The molecule has 7 heteroatoms. The zero-order valence-corrected chi connectivity index (χ0v) is 11.8. The average molecular weight is 294 g/mol. The van der Waals surface area contributed by atoms with E-state index in [0.717, 1.165) is 12.8 Å². The first-order chi connectivity index (χ1) is 10.1. The van der Waals surface area contributed by atoms with Crippen molar-refractivity contribution in [3.05, 3.63) is 33.9 Å². The monoisotopic (exact) mass is 294 g/mol. The van der Waals surface area contributed by atoms with Crippen LogP contribution in [-0.4, -0.2) is 30.1 Å². The van der Waals surface area contributed by atoms with Crippen molar-refractivity contribution in [2.24, 2.45) is 0 Å². The van der Waals surface area contributed by atoms with Crippen LogP contribution in [-0.2, 0) is 16.1 Å². The summed E-state index contributed by atoms with van der Waals surface area (Å²) in [6, 6.07) is 4.82. The molecule has 0 spiro atoms. The van der Waals surface area contributed by atoms with Crippen LogP contribution in [0.3, 0.4) is 0 Å². The summed E-state index contributed by atoms with van der Waals surface area (Å²) >= 11 is 0. The second-order valence-corrected chi connectivity index (χ2v) is 4.80. The molecule has 1 aromatic carbocycles. The highest BCUT2D eigenvalue weighted by Crippen LogP contribution is 2.26. The van der Waals surface area contributed by atoms with E-state index in [-0.39, 0.29) is 12.3 Å². The zero-order chi connectivity index (χ0) is 15.2. The van der Waals surface area contributed by atoms with E-state index in [0.29, 0.717) is 30.5 Å². The van der Waals surface area contributed by atoms with E-state index < -0.39 is 10.9 Å². The Bertz CT molecular complexity index is 528. The van der Waals surface area contributed by atoms with Gasteiger partial charge in [0.05, 0.1) is 11.5 Å². The second kappa shape index (κ2) is 7.03. The van der Waals surface area contributed by atoms with Gasteiger partial charge >= 0.3 is 5.97 Å². The van der Waals surface area contributed by atoms with E-state index in [2.05, 4.69) is 5.32 Å². The fraction of sp³-hybridized carbons (Fsp3) is 0.500. The van der Waals surface area contributed by atoms with Gasteiger partial charge in [-0.2, -0.15) is 0 Å². The zero-order valence-electron chi connectivity index (χ0n) is 11.8. The molecule has 0 aliphatic heterocycles. The van der Waals surface area contributed by atoms with E-state index in [1.165, 1.54) is 18.2 Å². The average Bonchev–Trinajstić information content (AvgIpc) is 3.27. The topological polar surface area (TPSA) is 90.7 Å². The predicted molar refractivity (Wildman–Crippen MR) is 75.1 cm³/mol. The summed E-state index contributed by atoms with van der Waals surface area (Å²) in [7, 11) is 0. The number of benzene rings is 1. The van der Waals surface area contributed by atoms with Crippen molar-refractivity contribution in [3.8, 4) is 5.75 Å². The minimum absolute atomic E-state index is 0.00563. The number of nitro benzene ring substituents is 1. The van der Waals surface area contributed by atoms with Crippen LogP contribution in [0, 0.1) is 10.1 Å². The Morgan fingerprint density at radius 1 is 1.48 bits per heavy atom. The van der Waals surface area contributed by atoms with Crippen molar-refractivity contribution in [1.29, 1.82) is 0 Å². The molecule has 0 atom stereocenters. The summed E-state index contributed by atoms with van der Waals surface area (Å²) in [5, 5.41) is 14.1. The van der Waals surface area contributed by atoms with Crippen molar-refractivity contribution < 1.29 is 19.2 Å². The lowest BCUT2D eigenvalue weighted by atomic mass is 10.1. The molecule has 1 aliphatic carbocycles. The fourth-order valence-electron chi connectivity index (χ4n) is 1.84. The Morgan fingerprint density at radius 3 is 2.86 bits per heavy atom. The molecule has 1 fully saturated rings. The Morgan fingerprint density at radius 2 is 2.24 bits per heavy atom. The lowest BCUT2D eigenvalue weighted by molar-refractivity contribution is -0.384. The third-order valence-electron chi connectivity index (χ3n) is 3.06. The highest BCUT2D eigenvalue weighted by atomic mass is 16.6. The highest BCUT2D eigenvalue weighted by Gasteiger charge is 2.21. The van der Waals surface area contributed by atoms with Gasteiger partial charge in [0.2, 0.25) is 0 Å². The van der Waals surface area contributed by atoms with Crippen LogP contribution in [0.15, 0.2) is 18.2 Å². The number of ether oxygens (including phenoxy) is 2. The third-order valence-corrected chi connectivity index (χ3v) is 3.06. The summed E-state index contributed by atoms with van der Waals surface area (Å²) in [4.78, 5) is 21.7. The Balaban J connectivity index is 2.05. The van der Waals surface area contributed by atoms with Gasteiger partial charge in [-0.1, -0.05) is 0 Å². The number of esters is 1. The summed E-state index contributed by atoms with van der Waals surface area (Å²) in [6.45, 7) is 2.28. The first-order valence-corrected chi connectivity index (χ1v) is 6.89. The van der Waals surface area contributed by atoms with Gasteiger partial charge in [-0.05, 0) is 25.8 Å². The SMILES string of the molecule is CCOC(=O)COc1ccc([N+](=O)[O-])cc1CNC1CC1. The van der Waals surface area contributed by atoms with Crippen LogP contribution in [0.4, 0.5) is 5.69 Å². The van der Waals surface area contributed by atoms with Gasteiger partial charge in [0.15, 0.2) is 6.61 Å². The molecule has 0 heterocycles. The Labute approximate surface area is 122 Å². The molecule has 7 nitrogen and oxygen atoms in total. The molecule has 1 aliphatic rings. The van der Waals surface area contributed by atoms with E-state index in [4.69, 9.17) is 9.47 Å². The molecule has 21 heavy (non-hydrogen) atoms. The standard InChI is InChI=1S/C14H18N2O5/c1-2-20-14(17)9-21-13-6-5-12(16(18)19)7-10(13)8-15-11-3-4-11/h5-7,11,15H,2-4,8-9H2,1H3. The van der Waals surface area contributed by atoms with Crippen LogP contribution in [0.1, 0.15) is 25.3 Å². The lowest BCUT2D eigenvalue weighted by Crippen LogP contribution is -2.18. The maximum Gasteiger partial charge on any atom is 0.344 e. The predicted octanol–water partition coefficient (Wildman–Crippen LogP) is 1.79. The first-order valence-electron chi connectivity index (χ1n) is 6.89. The number of non-ortho nitro benzene ring substituents is 1.